The van der Waals surface area contributed by atoms with Crippen molar-refractivity contribution in [1.29, 1.82) is 0 Å². The van der Waals surface area contributed by atoms with Crippen molar-refractivity contribution in [3.05, 3.63) is 69.4 Å². The van der Waals surface area contributed by atoms with E-state index in [0.717, 1.165) is 18.2 Å². The summed E-state index contributed by atoms with van der Waals surface area (Å²) in [5, 5.41) is 0. The maximum Gasteiger partial charge on any atom is 0.126 e. The number of hydrogen-bond donors (Lipinski definition) is 2. The van der Waals surface area contributed by atoms with Gasteiger partial charge in [0.15, 0.2) is 0 Å². The summed E-state index contributed by atoms with van der Waals surface area (Å²) in [6, 6.07) is 6.95. The van der Waals surface area contributed by atoms with Crippen molar-refractivity contribution >= 4 is 15.9 Å². The summed E-state index contributed by atoms with van der Waals surface area (Å²) in [5.41, 5.74) is 3.21. The average molecular weight is 345 g/mol. The van der Waals surface area contributed by atoms with Crippen LogP contribution in [0.15, 0.2) is 40.9 Å². The second-order valence-electron chi connectivity index (χ2n) is 4.36. The first-order valence-corrected chi connectivity index (χ1v) is 6.65. The third kappa shape index (κ3) is 3.59. The van der Waals surface area contributed by atoms with Crippen LogP contribution in [0.25, 0.3) is 0 Å². The predicted molar refractivity (Wildman–Crippen MR) is 74.2 cm³/mol. The van der Waals surface area contributed by atoms with Crippen LogP contribution in [0.1, 0.15) is 17.2 Å². The number of nitrogens with one attached hydrogen (secondary N) is 1. The van der Waals surface area contributed by atoms with E-state index in [2.05, 4.69) is 21.4 Å². The standard InChI is InChI=1S/C14H12BrF3N2/c15-10-3-9(5-12(17)7-10)14(20-19)6-8-4-11(16)1-2-13(8)18/h1-5,7,14,20H,6,19H2. The van der Waals surface area contributed by atoms with E-state index in [0.29, 0.717) is 10.0 Å². The molecule has 1 atom stereocenters. The Morgan fingerprint density at radius 2 is 1.80 bits per heavy atom. The Labute approximate surface area is 122 Å². The van der Waals surface area contributed by atoms with Crippen LogP contribution in [0.5, 0.6) is 0 Å². The fourth-order valence-corrected chi connectivity index (χ4v) is 2.45. The molecule has 106 valence electrons. The van der Waals surface area contributed by atoms with E-state index >= 15 is 0 Å². The summed E-state index contributed by atoms with van der Waals surface area (Å²) in [6.45, 7) is 0. The summed E-state index contributed by atoms with van der Waals surface area (Å²) in [4.78, 5) is 0. The highest BCUT2D eigenvalue weighted by atomic mass is 79.9. The Kier molecular flexibility index (Phi) is 4.80. The lowest BCUT2D eigenvalue weighted by Gasteiger charge is -2.17. The Morgan fingerprint density at radius 1 is 1.05 bits per heavy atom. The molecule has 0 radical (unpaired) electrons. The zero-order chi connectivity index (χ0) is 14.7. The summed E-state index contributed by atoms with van der Waals surface area (Å²) in [5.74, 6) is 3.95. The van der Waals surface area contributed by atoms with Crippen LogP contribution in [-0.4, -0.2) is 0 Å². The Bertz CT molecular complexity index is 599. The fourth-order valence-electron chi connectivity index (χ4n) is 1.97. The molecule has 2 aromatic rings. The molecule has 6 heteroatoms. The van der Waals surface area contributed by atoms with Gasteiger partial charge in [0.25, 0.3) is 0 Å². The predicted octanol–water partition coefficient (Wildman–Crippen LogP) is 3.61. The van der Waals surface area contributed by atoms with Gasteiger partial charge in [-0.15, -0.1) is 0 Å². The Hall–Kier alpha value is -1.37. The molecular weight excluding hydrogens is 333 g/mol. The minimum atomic E-state index is -0.530. The summed E-state index contributed by atoms with van der Waals surface area (Å²) < 4.78 is 40.7. The highest BCUT2D eigenvalue weighted by Crippen LogP contribution is 2.24. The monoisotopic (exact) mass is 344 g/mol. The van der Waals surface area contributed by atoms with Crippen LogP contribution in [0.2, 0.25) is 0 Å². The molecule has 0 aromatic heterocycles. The van der Waals surface area contributed by atoms with Gasteiger partial charge in [0.05, 0.1) is 6.04 Å². The van der Waals surface area contributed by atoms with Gasteiger partial charge in [-0.25, -0.2) is 13.2 Å². The second kappa shape index (κ2) is 6.39. The second-order valence-corrected chi connectivity index (χ2v) is 5.28. The van der Waals surface area contributed by atoms with E-state index in [-0.39, 0.29) is 12.0 Å². The third-order valence-electron chi connectivity index (χ3n) is 2.92. The maximum atomic E-state index is 13.6. The normalized spacial score (nSPS) is 12.4. The van der Waals surface area contributed by atoms with E-state index in [1.165, 1.54) is 12.1 Å². The van der Waals surface area contributed by atoms with Crippen molar-refractivity contribution in [3.63, 3.8) is 0 Å². The zero-order valence-electron chi connectivity index (χ0n) is 10.3. The van der Waals surface area contributed by atoms with Crippen LogP contribution in [0.3, 0.4) is 0 Å². The molecule has 3 N–H and O–H groups in total. The third-order valence-corrected chi connectivity index (χ3v) is 3.38. The molecule has 2 nitrogen and oxygen atoms in total. The van der Waals surface area contributed by atoms with Gasteiger partial charge in [-0.1, -0.05) is 15.9 Å². The molecule has 2 aromatic carbocycles. The van der Waals surface area contributed by atoms with Crippen LogP contribution in [-0.2, 0) is 6.42 Å². The first-order chi connectivity index (χ1) is 9.49. The average Bonchev–Trinajstić information content (AvgIpc) is 2.38. The smallest absolute Gasteiger partial charge is 0.126 e. The molecule has 0 saturated heterocycles. The first-order valence-electron chi connectivity index (χ1n) is 5.85. The molecule has 0 aliphatic carbocycles. The molecular formula is C14H12BrF3N2. The molecule has 0 bridgehead atoms. The largest absolute Gasteiger partial charge is 0.271 e. The molecule has 20 heavy (non-hydrogen) atoms. The van der Waals surface area contributed by atoms with Crippen LogP contribution >= 0.6 is 15.9 Å². The van der Waals surface area contributed by atoms with Gasteiger partial charge in [0, 0.05) is 4.47 Å². The highest BCUT2D eigenvalue weighted by Gasteiger charge is 2.15. The zero-order valence-corrected chi connectivity index (χ0v) is 11.9. The van der Waals surface area contributed by atoms with E-state index in [4.69, 9.17) is 5.84 Å². The van der Waals surface area contributed by atoms with Crippen molar-refractivity contribution in [2.75, 3.05) is 0 Å². The fraction of sp³-hybridized carbons (Fsp3) is 0.143. The van der Waals surface area contributed by atoms with Gasteiger partial charge < -0.3 is 0 Å². The SMILES string of the molecule is NNC(Cc1cc(F)ccc1F)c1cc(F)cc(Br)c1. The number of hydrogen-bond acceptors (Lipinski definition) is 2. The lowest BCUT2D eigenvalue weighted by atomic mass is 9.99. The van der Waals surface area contributed by atoms with Gasteiger partial charge in [0.2, 0.25) is 0 Å². The van der Waals surface area contributed by atoms with Gasteiger partial charge in [-0.05, 0) is 53.9 Å². The molecule has 0 heterocycles. The van der Waals surface area contributed by atoms with Gasteiger partial charge in [-0.3, -0.25) is 11.3 Å². The molecule has 1 unspecified atom stereocenters. The lowest BCUT2D eigenvalue weighted by Crippen LogP contribution is -2.30. The summed E-state index contributed by atoms with van der Waals surface area (Å²) >= 11 is 3.18. The Morgan fingerprint density at radius 3 is 2.45 bits per heavy atom. The van der Waals surface area contributed by atoms with Crippen molar-refractivity contribution < 1.29 is 13.2 Å². The number of nitrogens with two attached hydrogens (primary N) is 1. The molecule has 0 fully saturated rings. The Balaban J connectivity index is 2.30. The van der Waals surface area contributed by atoms with Crippen molar-refractivity contribution in [1.82, 2.24) is 5.43 Å². The minimum absolute atomic E-state index is 0.107. The highest BCUT2D eigenvalue weighted by molar-refractivity contribution is 9.10. The van der Waals surface area contributed by atoms with E-state index < -0.39 is 23.5 Å². The van der Waals surface area contributed by atoms with Crippen molar-refractivity contribution in [2.45, 2.75) is 12.5 Å². The van der Waals surface area contributed by atoms with E-state index in [1.807, 2.05) is 0 Å². The first kappa shape index (κ1) is 15.0. The number of halogens is 4. The molecule has 0 amide bonds. The summed E-state index contributed by atoms with van der Waals surface area (Å²) in [6.07, 6.45) is 0.107. The van der Waals surface area contributed by atoms with Crippen molar-refractivity contribution in [3.8, 4) is 0 Å². The number of benzene rings is 2. The van der Waals surface area contributed by atoms with Crippen LogP contribution < -0.4 is 11.3 Å². The van der Waals surface area contributed by atoms with E-state index in [1.54, 1.807) is 6.07 Å². The van der Waals surface area contributed by atoms with Crippen LogP contribution in [0, 0.1) is 17.5 Å². The lowest BCUT2D eigenvalue weighted by molar-refractivity contribution is 0.519. The van der Waals surface area contributed by atoms with Crippen LogP contribution in [0.4, 0.5) is 13.2 Å². The molecule has 0 saturated carbocycles. The van der Waals surface area contributed by atoms with Gasteiger partial charge in [0.1, 0.15) is 17.5 Å². The molecule has 0 aliphatic rings. The quantitative estimate of drug-likeness (QED) is 0.656. The van der Waals surface area contributed by atoms with Gasteiger partial charge in [-0.2, -0.15) is 0 Å². The summed E-state index contributed by atoms with van der Waals surface area (Å²) in [7, 11) is 0. The van der Waals surface area contributed by atoms with Crippen molar-refractivity contribution in [2.24, 2.45) is 5.84 Å². The topological polar surface area (TPSA) is 38.0 Å². The van der Waals surface area contributed by atoms with E-state index in [9.17, 15) is 13.2 Å². The number of hydrazine groups is 1. The van der Waals surface area contributed by atoms with Gasteiger partial charge >= 0.3 is 0 Å². The number of rotatable bonds is 4. The molecule has 0 spiro atoms. The molecule has 0 aliphatic heterocycles. The maximum absolute atomic E-state index is 13.6. The molecule has 2 rings (SSSR count). The minimum Gasteiger partial charge on any atom is -0.271 e.